The van der Waals surface area contributed by atoms with Gasteiger partial charge in [0.2, 0.25) is 5.88 Å². The molecule has 0 aliphatic rings. The van der Waals surface area contributed by atoms with Crippen LogP contribution >= 0.6 is 11.6 Å². The zero-order valence-corrected chi connectivity index (χ0v) is 13.0. The molecule has 0 aliphatic heterocycles. The van der Waals surface area contributed by atoms with Crippen molar-refractivity contribution >= 4 is 22.8 Å². The maximum Gasteiger partial charge on any atom is 0.215 e. The van der Waals surface area contributed by atoms with Crippen LogP contribution in [-0.2, 0) is 5.88 Å². The molecule has 0 fully saturated rings. The normalized spacial score (nSPS) is 11.0. The molecule has 3 rings (SSSR count). The Bertz CT molecular complexity index is 790. The van der Waals surface area contributed by atoms with E-state index < -0.39 is 0 Å². The highest BCUT2D eigenvalue weighted by Crippen LogP contribution is 2.24. The molecule has 0 bridgehead atoms. The van der Waals surface area contributed by atoms with Crippen LogP contribution in [0.15, 0.2) is 30.3 Å². The minimum absolute atomic E-state index is 0.325. The first-order chi connectivity index (χ1) is 10.1. The largest absolute Gasteiger partial charge is 0.481 e. The van der Waals surface area contributed by atoms with Crippen LogP contribution in [0.1, 0.15) is 17.0 Å². The fourth-order valence-electron chi connectivity index (χ4n) is 2.54. The van der Waals surface area contributed by atoms with E-state index in [9.17, 15) is 0 Å². The number of methoxy groups -OCH3 is 1. The molecule has 0 aliphatic carbocycles. The molecule has 108 valence electrons. The predicted molar refractivity (Wildman–Crippen MR) is 84.4 cm³/mol. The average Bonchev–Trinajstić information content (AvgIpc) is 2.83. The number of hydrogen-bond donors (Lipinski definition) is 0. The molecule has 1 aromatic carbocycles. The highest BCUT2D eigenvalue weighted by atomic mass is 35.5. The molecule has 0 spiro atoms. The van der Waals surface area contributed by atoms with Crippen LogP contribution in [0.3, 0.4) is 0 Å². The Labute approximate surface area is 128 Å². The topological polar surface area (TPSA) is 39.9 Å². The second kappa shape index (κ2) is 5.37. The van der Waals surface area contributed by atoms with E-state index in [1.807, 2.05) is 10.6 Å². The number of aromatic nitrogens is 3. The molecule has 0 amide bonds. The Morgan fingerprint density at radius 2 is 1.81 bits per heavy atom. The number of rotatable bonds is 3. The second-order valence-electron chi connectivity index (χ2n) is 5.04. The number of ether oxygens (including phenoxy) is 1. The van der Waals surface area contributed by atoms with Gasteiger partial charge in [-0.25, -0.2) is 4.98 Å². The molecule has 4 nitrogen and oxygen atoms in total. The number of fused-ring (bicyclic) bond motifs is 1. The minimum atomic E-state index is 0.325. The highest BCUT2D eigenvalue weighted by Gasteiger charge is 2.14. The van der Waals surface area contributed by atoms with Gasteiger partial charge in [-0.2, -0.15) is 4.98 Å². The lowest BCUT2D eigenvalue weighted by Crippen LogP contribution is -2.01. The molecule has 2 aromatic heterocycles. The number of alkyl halides is 1. The number of aryl methyl sites for hydroxylation is 2. The number of hydrogen-bond acceptors (Lipinski definition) is 3. The molecule has 0 unspecified atom stereocenters. The fraction of sp³-hybridized carbons (Fsp3) is 0.250. The van der Waals surface area contributed by atoms with Crippen molar-refractivity contribution in [3.05, 3.63) is 47.3 Å². The van der Waals surface area contributed by atoms with Gasteiger partial charge in [0.05, 0.1) is 13.0 Å². The van der Waals surface area contributed by atoms with E-state index in [0.29, 0.717) is 11.8 Å². The Kier molecular flexibility index (Phi) is 3.55. The summed E-state index contributed by atoms with van der Waals surface area (Å²) < 4.78 is 7.21. The molecule has 0 N–H and O–H groups in total. The summed E-state index contributed by atoms with van der Waals surface area (Å²) in [6, 6.07) is 10.0. The molecule has 0 saturated carbocycles. The van der Waals surface area contributed by atoms with Crippen molar-refractivity contribution in [3.63, 3.8) is 0 Å². The molecular weight excluding hydrogens is 286 g/mol. The summed E-state index contributed by atoms with van der Waals surface area (Å²) in [4.78, 5) is 9.07. The van der Waals surface area contributed by atoms with E-state index in [2.05, 4.69) is 42.0 Å². The fourth-order valence-corrected chi connectivity index (χ4v) is 2.72. The lowest BCUT2D eigenvalue weighted by atomic mass is 10.1. The van der Waals surface area contributed by atoms with Gasteiger partial charge in [-0.3, -0.25) is 4.57 Å². The lowest BCUT2D eigenvalue weighted by Gasteiger charge is -2.10. The minimum Gasteiger partial charge on any atom is -0.481 e. The van der Waals surface area contributed by atoms with Crippen molar-refractivity contribution in [2.45, 2.75) is 19.7 Å². The van der Waals surface area contributed by atoms with Crippen molar-refractivity contribution in [3.8, 4) is 11.6 Å². The highest BCUT2D eigenvalue weighted by molar-refractivity contribution is 6.16. The molecule has 0 atom stereocenters. The number of nitrogens with zero attached hydrogens (tertiary/aromatic N) is 3. The number of imidazole rings is 1. The molecule has 21 heavy (non-hydrogen) atoms. The summed E-state index contributed by atoms with van der Waals surface area (Å²) in [7, 11) is 1.61. The van der Waals surface area contributed by atoms with Crippen molar-refractivity contribution in [1.82, 2.24) is 14.5 Å². The molecule has 0 saturated heterocycles. The molecular formula is C16H16ClN3O. The summed E-state index contributed by atoms with van der Waals surface area (Å²) in [6.07, 6.45) is 0. The third-order valence-corrected chi connectivity index (χ3v) is 3.58. The Hall–Kier alpha value is -2.07. The van der Waals surface area contributed by atoms with E-state index in [-0.39, 0.29) is 0 Å². The van der Waals surface area contributed by atoms with Crippen molar-refractivity contribution in [2.24, 2.45) is 0 Å². The molecule has 5 heteroatoms. The van der Waals surface area contributed by atoms with Crippen molar-refractivity contribution in [1.29, 1.82) is 0 Å². The Balaban J connectivity index is 2.32. The zero-order valence-electron chi connectivity index (χ0n) is 12.2. The molecule has 0 radical (unpaired) electrons. The van der Waals surface area contributed by atoms with Gasteiger partial charge < -0.3 is 4.74 Å². The first-order valence-corrected chi connectivity index (χ1v) is 7.23. The van der Waals surface area contributed by atoms with Crippen molar-refractivity contribution in [2.75, 3.05) is 7.11 Å². The van der Waals surface area contributed by atoms with Crippen LogP contribution in [-0.4, -0.2) is 21.6 Å². The van der Waals surface area contributed by atoms with Crippen LogP contribution in [0.25, 0.3) is 16.9 Å². The van der Waals surface area contributed by atoms with E-state index >= 15 is 0 Å². The van der Waals surface area contributed by atoms with E-state index in [1.165, 1.54) is 11.1 Å². The van der Waals surface area contributed by atoms with E-state index in [4.69, 9.17) is 16.3 Å². The summed E-state index contributed by atoms with van der Waals surface area (Å²) in [6.45, 7) is 4.15. The van der Waals surface area contributed by atoms with Crippen LogP contribution < -0.4 is 4.74 Å². The number of benzene rings is 1. The quantitative estimate of drug-likeness (QED) is 0.691. The third kappa shape index (κ3) is 2.47. The van der Waals surface area contributed by atoms with Gasteiger partial charge in [-0.1, -0.05) is 6.07 Å². The van der Waals surface area contributed by atoms with Gasteiger partial charge >= 0.3 is 0 Å². The standard InChI is InChI=1S/C16H16ClN3O/c1-10-6-11(2)8-12(7-10)20-14(9-17)18-13-4-5-15(21-3)19-16(13)20/h4-8H,9H2,1-3H3. The van der Waals surface area contributed by atoms with Crippen LogP contribution in [0.4, 0.5) is 0 Å². The second-order valence-corrected chi connectivity index (χ2v) is 5.31. The first kappa shape index (κ1) is 13.9. The van der Waals surface area contributed by atoms with Crippen LogP contribution in [0.5, 0.6) is 5.88 Å². The zero-order chi connectivity index (χ0) is 15.0. The van der Waals surface area contributed by atoms with Gasteiger partial charge in [0, 0.05) is 11.8 Å². The van der Waals surface area contributed by atoms with E-state index in [1.54, 1.807) is 13.2 Å². The Morgan fingerprint density at radius 3 is 2.43 bits per heavy atom. The summed E-state index contributed by atoms with van der Waals surface area (Å²) in [5.74, 6) is 1.66. The van der Waals surface area contributed by atoms with E-state index in [0.717, 1.165) is 22.7 Å². The van der Waals surface area contributed by atoms with Gasteiger partial charge in [-0.05, 0) is 43.2 Å². The van der Waals surface area contributed by atoms with Gasteiger partial charge in [0.25, 0.3) is 0 Å². The summed E-state index contributed by atoms with van der Waals surface area (Å²) in [5.41, 5.74) is 4.97. The summed E-state index contributed by atoms with van der Waals surface area (Å²) >= 11 is 6.06. The monoisotopic (exact) mass is 301 g/mol. The van der Waals surface area contributed by atoms with Crippen LogP contribution in [0.2, 0.25) is 0 Å². The Morgan fingerprint density at radius 1 is 1.10 bits per heavy atom. The average molecular weight is 302 g/mol. The lowest BCUT2D eigenvalue weighted by molar-refractivity contribution is 0.399. The predicted octanol–water partition coefficient (Wildman–Crippen LogP) is 3.78. The van der Waals surface area contributed by atoms with Gasteiger partial charge in [0.1, 0.15) is 11.3 Å². The van der Waals surface area contributed by atoms with Crippen LogP contribution in [0, 0.1) is 13.8 Å². The van der Waals surface area contributed by atoms with Crippen molar-refractivity contribution < 1.29 is 4.74 Å². The van der Waals surface area contributed by atoms with Gasteiger partial charge in [0.15, 0.2) is 5.65 Å². The smallest absolute Gasteiger partial charge is 0.215 e. The van der Waals surface area contributed by atoms with Gasteiger partial charge in [-0.15, -0.1) is 11.6 Å². The molecule has 2 heterocycles. The number of halogens is 1. The molecule has 3 aromatic rings. The SMILES string of the molecule is COc1ccc2nc(CCl)n(-c3cc(C)cc(C)c3)c2n1. The first-order valence-electron chi connectivity index (χ1n) is 6.69. The maximum absolute atomic E-state index is 6.06. The maximum atomic E-state index is 6.06. The summed E-state index contributed by atoms with van der Waals surface area (Å²) in [5, 5.41) is 0. The third-order valence-electron chi connectivity index (χ3n) is 3.34. The number of pyridine rings is 1.